The van der Waals surface area contributed by atoms with E-state index in [9.17, 15) is 9.59 Å². The lowest BCUT2D eigenvalue weighted by molar-refractivity contribution is -0.128. The summed E-state index contributed by atoms with van der Waals surface area (Å²) in [6.07, 6.45) is 0.160. The number of nitrogens with zero attached hydrogens (tertiary/aromatic N) is 1. The number of amides is 2. The fraction of sp³-hybridized carbons (Fsp3) is 0.600. The molecule has 0 bridgehead atoms. The van der Waals surface area contributed by atoms with E-state index in [4.69, 9.17) is 4.74 Å². The van der Waals surface area contributed by atoms with Crippen molar-refractivity contribution in [3.63, 3.8) is 0 Å². The molecule has 2 saturated heterocycles. The third kappa shape index (κ3) is 5.51. The number of morpholine rings is 1. The second-order valence-electron chi connectivity index (χ2n) is 8.24. The largest absolute Gasteiger partial charge is 0.379 e. The number of ether oxygens (including phenoxy) is 1. The Morgan fingerprint density at radius 1 is 1.30 bits per heavy atom. The molecule has 2 heterocycles. The number of nitrogens with one attached hydrogen (secondary N) is 3. The van der Waals surface area contributed by atoms with Crippen LogP contribution in [-0.4, -0.2) is 55.3 Å². The molecule has 2 fully saturated rings. The van der Waals surface area contributed by atoms with Crippen LogP contribution >= 0.6 is 0 Å². The van der Waals surface area contributed by atoms with Gasteiger partial charge in [-0.05, 0) is 23.1 Å². The molecule has 3 rings (SSSR count). The van der Waals surface area contributed by atoms with Gasteiger partial charge in [-0.25, -0.2) is 0 Å². The van der Waals surface area contributed by atoms with Gasteiger partial charge in [-0.2, -0.15) is 0 Å². The second kappa shape index (κ2) is 8.37. The van der Waals surface area contributed by atoms with Crippen molar-refractivity contribution in [1.82, 2.24) is 15.5 Å². The van der Waals surface area contributed by atoms with Gasteiger partial charge in [0, 0.05) is 18.8 Å². The molecule has 27 heavy (non-hydrogen) atoms. The van der Waals surface area contributed by atoms with Crippen molar-refractivity contribution < 1.29 is 14.3 Å². The number of carbonyl (C=O) groups excluding carboxylic acids is 2. The normalized spacial score (nSPS) is 24.3. The summed E-state index contributed by atoms with van der Waals surface area (Å²) < 4.78 is 5.37. The van der Waals surface area contributed by atoms with Crippen molar-refractivity contribution in [2.24, 2.45) is 0 Å². The van der Waals surface area contributed by atoms with Crippen LogP contribution in [0.1, 0.15) is 39.2 Å². The van der Waals surface area contributed by atoms with Crippen molar-refractivity contribution in [3.05, 3.63) is 29.8 Å². The first-order valence-electron chi connectivity index (χ1n) is 9.59. The quantitative estimate of drug-likeness (QED) is 0.742. The summed E-state index contributed by atoms with van der Waals surface area (Å²) >= 11 is 0. The molecule has 0 aliphatic carbocycles. The lowest BCUT2D eigenvalue weighted by Gasteiger charge is -2.40. The average molecular weight is 374 g/mol. The molecule has 7 nitrogen and oxygen atoms in total. The molecule has 0 spiro atoms. The van der Waals surface area contributed by atoms with E-state index in [2.05, 4.69) is 47.7 Å². The number of carbonyl (C=O) groups is 2. The first kappa shape index (κ1) is 19.8. The summed E-state index contributed by atoms with van der Waals surface area (Å²) in [5.41, 5.74) is 1.96. The van der Waals surface area contributed by atoms with Crippen molar-refractivity contribution in [3.8, 4) is 0 Å². The van der Waals surface area contributed by atoms with Crippen LogP contribution < -0.4 is 16.0 Å². The third-order valence-corrected chi connectivity index (χ3v) is 5.00. The molecule has 2 unspecified atom stereocenters. The van der Waals surface area contributed by atoms with Crippen LogP contribution in [0.25, 0.3) is 0 Å². The molecule has 0 radical (unpaired) electrons. The molecule has 2 aliphatic heterocycles. The Morgan fingerprint density at radius 3 is 2.74 bits per heavy atom. The van der Waals surface area contributed by atoms with E-state index >= 15 is 0 Å². The molecule has 0 aromatic heterocycles. The highest BCUT2D eigenvalue weighted by Gasteiger charge is 2.31. The SMILES string of the molecule is CC(C)(C)c1cccc(NC(=O)CC2NC(=O)CC(N3CCOCC3)N2)c1. The molecule has 2 atom stereocenters. The van der Waals surface area contributed by atoms with Crippen LogP contribution in [0.4, 0.5) is 5.69 Å². The van der Waals surface area contributed by atoms with Gasteiger partial charge in [0.15, 0.2) is 0 Å². The standard InChI is InChI=1S/C20H30N4O3/c1-20(2,3)14-5-4-6-15(11-14)21-18(25)12-16-22-17(13-19(26)23-16)24-7-9-27-10-8-24/h4-6,11,16-17,22H,7-10,12-13H2,1-3H3,(H,21,25)(H,23,26). The van der Waals surface area contributed by atoms with Gasteiger partial charge < -0.3 is 15.4 Å². The predicted molar refractivity (Wildman–Crippen MR) is 104 cm³/mol. The molecule has 2 aliphatic rings. The average Bonchev–Trinajstić information content (AvgIpc) is 2.61. The Bertz CT molecular complexity index is 680. The Hall–Kier alpha value is -1.96. The van der Waals surface area contributed by atoms with Gasteiger partial charge in [-0.15, -0.1) is 0 Å². The van der Waals surface area contributed by atoms with Gasteiger partial charge in [-0.1, -0.05) is 32.9 Å². The zero-order chi connectivity index (χ0) is 19.4. The summed E-state index contributed by atoms with van der Waals surface area (Å²) in [6.45, 7) is 9.36. The van der Waals surface area contributed by atoms with Gasteiger partial charge >= 0.3 is 0 Å². The van der Waals surface area contributed by atoms with Crippen molar-refractivity contribution in [2.75, 3.05) is 31.6 Å². The topological polar surface area (TPSA) is 82.7 Å². The van der Waals surface area contributed by atoms with E-state index in [-0.39, 0.29) is 36.0 Å². The molecular formula is C20H30N4O3. The number of hydrogen-bond donors (Lipinski definition) is 3. The Morgan fingerprint density at radius 2 is 2.04 bits per heavy atom. The van der Waals surface area contributed by atoms with E-state index in [1.165, 1.54) is 0 Å². The summed E-state index contributed by atoms with van der Waals surface area (Å²) in [4.78, 5) is 26.8. The molecule has 1 aromatic rings. The zero-order valence-corrected chi connectivity index (χ0v) is 16.4. The lowest BCUT2D eigenvalue weighted by Crippen LogP contribution is -2.63. The minimum atomic E-state index is -0.370. The minimum absolute atomic E-state index is 0.0189. The molecule has 0 saturated carbocycles. The maximum atomic E-state index is 12.5. The minimum Gasteiger partial charge on any atom is -0.379 e. The van der Waals surface area contributed by atoms with Crippen LogP contribution in [0.3, 0.4) is 0 Å². The fourth-order valence-corrected chi connectivity index (χ4v) is 3.46. The van der Waals surface area contributed by atoms with Gasteiger partial charge in [0.25, 0.3) is 0 Å². The predicted octanol–water partition coefficient (Wildman–Crippen LogP) is 1.41. The summed E-state index contributed by atoms with van der Waals surface area (Å²) in [5.74, 6) is -0.153. The highest BCUT2D eigenvalue weighted by Crippen LogP contribution is 2.24. The molecule has 7 heteroatoms. The first-order valence-corrected chi connectivity index (χ1v) is 9.59. The van der Waals surface area contributed by atoms with Gasteiger partial charge in [-0.3, -0.25) is 19.8 Å². The maximum Gasteiger partial charge on any atom is 0.227 e. The summed E-state index contributed by atoms with van der Waals surface area (Å²) in [6, 6.07) is 7.90. The number of rotatable bonds is 4. The molecule has 1 aromatic carbocycles. The highest BCUT2D eigenvalue weighted by atomic mass is 16.5. The van der Waals surface area contributed by atoms with Crippen LogP contribution in [0.2, 0.25) is 0 Å². The van der Waals surface area contributed by atoms with Gasteiger partial charge in [0.1, 0.15) is 0 Å². The first-order chi connectivity index (χ1) is 12.8. The smallest absolute Gasteiger partial charge is 0.227 e. The van der Waals surface area contributed by atoms with E-state index in [0.717, 1.165) is 24.3 Å². The van der Waals surface area contributed by atoms with Crippen molar-refractivity contribution >= 4 is 17.5 Å². The van der Waals surface area contributed by atoms with Crippen LogP contribution in [0.15, 0.2) is 24.3 Å². The Balaban J connectivity index is 1.57. The molecular weight excluding hydrogens is 344 g/mol. The number of hydrogen-bond acceptors (Lipinski definition) is 5. The maximum absolute atomic E-state index is 12.5. The van der Waals surface area contributed by atoms with Crippen molar-refractivity contribution in [2.45, 2.75) is 51.4 Å². The fourth-order valence-electron chi connectivity index (χ4n) is 3.46. The Labute approximate surface area is 160 Å². The lowest BCUT2D eigenvalue weighted by atomic mass is 9.87. The molecule has 3 N–H and O–H groups in total. The highest BCUT2D eigenvalue weighted by molar-refractivity contribution is 5.91. The molecule has 148 valence electrons. The van der Waals surface area contributed by atoms with Crippen LogP contribution in [-0.2, 0) is 19.7 Å². The second-order valence-corrected chi connectivity index (χ2v) is 8.24. The van der Waals surface area contributed by atoms with Crippen molar-refractivity contribution in [1.29, 1.82) is 0 Å². The van der Waals surface area contributed by atoms with Crippen LogP contribution in [0.5, 0.6) is 0 Å². The third-order valence-electron chi connectivity index (χ3n) is 5.00. The van der Waals surface area contributed by atoms with E-state index in [0.29, 0.717) is 19.6 Å². The number of benzene rings is 1. The molecule has 2 amide bonds. The zero-order valence-electron chi connectivity index (χ0n) is 16.4. The van der Waals surface area contributed by atoms with E-state index in [1.807, 2.05) is 18.2 Å². The van der Waals surface area contributed by atoms with E-state index < -0.39 is 0 Å². The van der Waals surface area contributed by atoms with E-state index in [1.54, 1.807) is 0 Å². The van der Waals surface area contributed by atoms with Gasteiger partial charge in [0.2, 0.25) is 11.8 Å². The summed E-state index contributed by atoms with van der Waals surface area (Å²) in [5, 5.41) is 9.20. The van der Waals surface area contributed by atoms with Crippen LogP contribution in [0, 0.1) is 0 Å². The Kier molecular flexibility index (Phi) is 6.14. The monoisotopic (exact) mass is 374 g/mol. The van der Waals surface area contributed by atoms with Gasteiger partial charge in [0.05, 0.1) is 38.4 Å². The summed E-state index contributed by atoms with van der Waals surface area (Å²) in [7, 11) is 0. The number of anilines is 1.